The lowest BCUT2D eigenvalue weighted by atomic mass is 10.1. The Morgan fingerprint density at radius 2 is 1.66 bits per heavy atom. The summed E-state index contributed by atoms with van der Waals surface area (Å²) in [4.78, 5) is 8.88. The van der Waals surface area contributed by atoms with E-state index in [-0.39, 0.29) is 12.4 Å². The molecule has 0 fully saturated rings. The van der Waals surface area contributed by atoms with Gasteiger partial charge in [0.1, 0.15) is 41.8 Å². The third-order valence-corrected chi connectivity index (χ3v) is 6.61. The van der Waals surface area contributed by atoms with E-state index in [0.717, 1.165) is 65.2 Å². The molecule has 17 heteroatoms. The highest BCUT2D eigenvalue weighted by Crippen LogP contribution is 2.33. The van der Waals surface area contributed by atoms with Gasteiger partial charge in [0, 0.05) is 30.4 Å². The first-order valence-electron chi connectivity index (χ1n) is 14.9. The second-order valence-corrected chi connectivity index (χ2v) is 14.1. The number of nitrogens with one attached hydrogen (secondary N) is 2. The molecule has 0 saturated heterocycles. The van der Waals surface area contributed by atoms with Gasteiger partial charge in [-0.15, -0.1) is 0 Å². The van der Waals surface area contributed by atoms with E-state index in [9.17, 15) is 21.2 Å². The standard InChI is InChI=1S/C31H30ClFN4O3.2CH4O3S/c1-38-14-3-2-13-34-18-25-9-12-29(40-25)22-7-10-28-26(16-22)31(36-20-35-28)37-24-8-11-30(27(32)17-24)39-19-21-5-4-6-23(33)15-21;2*1-5(2,3)4/h4-12,15-17,20,34H,2-3,13-14,18-19H2,1H3,(H,35,36,37);2*1H3,(H,2,3,4). The third kappa shape index (κ3) is 15.6. The van der Waals surface area contributed by atoms with Gasteiger partial charge in [0.2, 0.25) is 0 Å². The second-order valence-electron chi connectivity index (χ2n) is 10.8. The molecule has 0 aliphatic rings. The number of rotatable bonds is 13. The van der Waals surface area contributed by atoms with Crippen LogP contribution in [0.2, 0.25) is 5.02 Å². The van der Waals surface area contributed by atoms with Crippen molar-refractivity contribution < 1.29 is 44.2 Å². The lowest BCUT2D eigenvalue weighted by Gasteiger charge is -2.12. The molecule has 0 spiro atoms. The average molecular weight is 753 g/mol. The van der Waals surface area contributed by atoms with Crippen molar-refractivity contribution in [3.05, 3.63) is 101 Å². The normalized spacial score (nSPS) is 11.3. The van der Waals surface area contributed by atoms with Crippen molar-refractivity contribution in [2.24, 2.45) is 0 Å². The van der Waals surface area contributed by atoms with Crippen molar-refractivity contribution in [3.8, 4) is 17.1 Å². The predicted molar refractivity (Wildman–Crippen MR) is 190 cm³/mol. The predicted octanol–water partition coefficient (Wildman–Crippen LogP) is 6.53. The maximum atomic E-state index is 13.4. The number of hydrogen-bond acceptors (Lipinski definition) is 11. The van der Waals surface area contributed by atoms with Crippen LogP contribution < -0.4 is 15.4 Å². The average Bonchev–Trinajstić information content (AvgIpc) is 3.50. The first-order valence-corrected chi connectivity index (χ1v) is 19.0. The second kappa shape index (κ2) is 19.3. The van der Waals surface area contributed by atoms with Gasteiger partial charge in [0.05, 0.1) is 29.6 Å². The van der Waals surface area contributed by atoms with E-state index in [4.69, 9.17) is 34.6 Å². The molecule has 3 aromatic carbocycles. The number of anilines is 2. The molecule has 0 bridgehead atoms. The lowest BCUT2D eigenvalue weighted by molar-refractivity contribution is 0.192. The molecular formula is C33H38ClFN4O9S2. The highest BCUT2D eigenvalue weighted by Gasteiger charge is 2.11. The minimum atomic E-state index is -3.67. The van der Waals surface area contributed by atoms with Gasteiger partial charge >= 0.3 is 0 Å². The van der Waals surface area contributed by atoms with E-state index in [2.05, 4.69) is 20.6 Å². The Kier molecular flexibility index (Phi) is 15.5. The van der Waals surface area contributed by atoms with Crippen molar-refractivity contribution in [2.75, 3.05) is 38.1 Å². The van der Waals surface area contributed by atoms with Crippen molar-refractivity contribution in [3.63, 3.8) is 0 Å². The lowest BCUT2D eigenvalue weighted by Crippen LogP contribution is -2.14. The molecule has 0 saturated carbocycles. The monoisotopic (exact) mass is 752 g/mol. The molecule has 2 aromatic heterocycles. The Balaban J connectivity index is 0.000000595. The van der Waals surface area contributed by atoms with Crippen LogP contribution in [0.5, 0.6) is 5.75 Å². The van der Waals surface area contributed by atoms with Crippen LogP contribution in [-0.4, -0.2) is 68.7 Å². The van der Waals surface area contributed by atoms with Crippen molar-refractivity contribution in [1.82, 2.24) is 15.3 Å². The minimum absolute atomic E-state index is 0.211. The fraction of sp³-hybridized carbons (Fsp3) is 0.273. The van der Waals surface area contributed by atoms with E-state index in [1.807, 2.05) is 36.4 Å². The molecule has 5 aromatic rings. The fourth-order valence-corrected chi connectivity index (χ4v) is 4.50. The van der Waals surface area contributed by atoms with E-state index >= 15 is 0 Å². The zero-order chi connectivity index (χ0) is 36.7. The highest BCUT2D eigenvalue weighted by molar-refractivity contribution is 7.85. The van der Waals surface area contributed by atoms with E-state index in [1.165, 1.54) is 18.5 Å². The Labute approximate surface area is 295 Å². The summed E-state index contributed by atoms with van der Waals surface area (Å²) in [5, 5.41) is 8.01. The highest BCUT2D eigenvalue weighted by atomic mass is 35.5. The van der Waals surface area contributed by atoms with Gasteiger partial charge in [-0.1, -0.05) is 23.7 Å². The molecular weight excluding hydrogens is 715 g/mol. The van der Waals surface area contributed by atoms with Gasteiger partial charge in [-0.2, -0.15) is 16.8 Å². The molecule has 0 aliphatic heterocycles. The zero-order valence-electron chi connectivity index (χ0n) is 27.5. The SMILES string of the molecule is COCCCCNCc1ccc(-c2ccc3ncnc(Nc4ccc(OCc5cccc(F)c5)c(Cl)c4)c3c2)o1.CS(=O)(=O)O.CS(=O)(=O)O. The van der Waals surface area contributed by atoms with Crippen LogP contribution >= 0.6 is 11.6 Å². The summed E-state index contributed by atoms with van der Waals surface area (Å²) in [6, 6.07) is 21.6. The Morgan fingerprint density at radius 1 is 0.920 bits per heavy atom. The molecule has 4 N–H and O–H groups in total. The third-order valence-electron chi connectivity index (χ3n) is 6.31. The molecule has 5 rings (SSSR count). The molecule has 0 amide bonds. The van der Waals surface area contributed by atoms with E-state index < -0.39 is 20.2 Å². The van der Waals surface area contributed by atoms with Gasteiger partial charge in [-0.3, -0.25) is 9.11 Å². The van der Waals surface area contributed by atoms with Gasteiger partial charge in [-0.05, 0) is 85.6 Å². The Bertz CT molecular complexity index is 2020. The quantitative estimate of drug-likeness (QED) is 0.0751. The van der Waals surface area contributed by atoms with Crippen LogP contribution in [0.1, 0.15) is 24.2 Å². The van der Waals surface area contributed by atoms with Crippen molar-refractivity contribution >= 4 is 54.2 Å². The molecule has 50 heavy (non-hydrogen) atoms. The van der Waals surface area contributed by atoms with Gasteiger partial charge in [-0.25, -0.2) is 14.4 Å². The molecule has 13 nitrogen and oxygen atoms in total. The van der Waals surface area contributed by atoms with Crippen LogP contribution in [0.3, 0.4) is 0 Å². The Morgan fingerprint density at radius 3 is 2.34 bits per heavy atom. The smallest absolute Gasteiger partial charge is 0.261 e. The molecule has 2 heterocycles. The number of methoxy groups -OCH3 is 1. The molecule has 0 atom stereocenters. The summed E-state index contributed by atoms with van der Waals surface area (Å²) >= 11 is 6.49. The van der Waals surface area contributed by atoms with Crippen LogP contribution in [0.15, 0.2) is 83.5 Å². The zero-order valence-corrected chi connectivity index (χ0v) is 29.9. The first kappa shape index (κ1) is 40.3. The summed E-state index contributed by atoms with van der Waals surface area (Å²) in [5.41, 5.74) is 3.19. The number of unbranched alkanes of at least 4 members (excludes halogenated alkanes) is 1. The summed E-state index contributed by atoms with van der Waals surface area (Å²) in [7, 11) is -5.61. The summed E-state index contributed by atoms with van der Waals surface area (Å²) in [6.45, 7) is 2.56. The van der Waals surface area contributed by atoms with Gasteiger partial charge in [0.25, 0.3) is 20.2 Å². The number of hydrogen-bond donors (Lipinski definition) is 4. The molecule has 270 valence electrons. The van der Waals surface area contributed by atoms with Crippen molar-refractivity contribution in [2.45, 2.75) is 26.0 Å². The van der Waals surface area contributed by atoms with Crippen LogP contribution in [0.4, 0.5) is 15.9 Å². The number of benzene rings is 3. The van der Waals surface area contributed by atoms with Crippen LogP contribution in [0, 0.1) is 5.82 Å². The fourth-order valence-electron chi connectivity index (χ4n) is 4.27. The summed E-state index contributed by atoms with van der Waals surface area (Å²) in [6.07, 6.45) is 5.03. The summed E-state index contributed by atoms with van der Waals surface area (Å²) in [5.74, 6) is 2.49. The summed E-state index contributed by atoms with van der Waals surface area (Å²) < 4.78 is 82.2. The molecule has 0 aliphatic carbocycles. The van der Waals surface area contributed by atoms with Gasteiger partial charge in [0.15, 0.2) is 0 Å². The maximum Gasteiger partial charge on any atom is 0.261 e. The number of ether oxygens (including phenoxy) is 2. The van der Waals surface area contributed by atoms with E-state index in [1.54, 1.807) is 31.4 Å². The minimum Gasteiger partial charge on any atom is -0.487 e. The van der Waals surface area contributed by atoms with E-state index in [0.29, 0.717) is 35.6 Å². The topological polar surface area (TPSA) is 190 Å². The van der Waals surface area contributed by atoms with Crippen LogP contribution in [0.25, 0.3) is 22.2 Å². The number of nitrogens with zero attached hydrogens (tertiary/aromatic N) is 2. The first-order chi connectivity index (χ1) is 23.6. The number of aromatic nitrogens is 2. The molecule has 0 radical (unpaired) electrons. The van der Waals surface area contributed by atoms with Crippen molar-refractivity contribution in [1.29, 1.82) is 0 Å². The van der Waals surface area contributed by atoms with Crippen LogP contribution in [-0.2, 0) is 38.1 Å². The van der Waals surface area contributed by atoms with Gasteiger partial charge < -0.3 is 24.5 Å². The Hall–Kier alpha value is -4.16. The largest absolute Gasteiger partial charge is 0.487 e. The number of halogens is 2. The maximum absolute atomic E-state index is 13.4. The number of furan rings is 1. The molecule has 0 unspecified atom stereocenters. The number of fused-ring (bicyclic) bond motifs is 1.